The summed E-state index contributed by atoms with van der Waals surface area (Å²) in [6.45, 7) is 0.780. The number of anilines is 1. The Bertz CT molecular complexity index is 832. The lowest BCUT2D eigenvalue weighted by molar-refractivity contribution is -0.116. The van der Waals surface area contributed by atoms with Gasteiger partial charge in [-0.1, -0.05) is 30.3 Å². The SMILES string of the molecule is CS(=O)(=O)N1CCc2nc(NC(=O)CCc3ccccc3)sc2C1. The van der Waals surface area contributed by atoms with E-state index in [1.54, 1.807) is 0 Å². The average molecular weight is 365 g/mol. The molecule has 1 aliphatic heterocycles. The van der Waals surface area contributed by atoms with Gasteiger partial charge in [0.25, 0.3) is 0 Å². The maximum Gasteiger partial charge on any atom is 0.226 e. The topological polar surface area (TPSA) is 79.4 Å². The molecule has 2 heterocycles. The molecule has 0 aliphatic carbocycles. The molecule has 128 valence electrons. The maximum atomic E-state index is 12.1. The lowest BCUT2D eigenvalue weighted by atomic mass is 10.1. The second-order valence-electron chi connectivity index (χ2n) is 5.77. The van der Waals surface area contributed by atoms with Crippen molar-refractivity contribution in [2.45, 2.75) is 25.8 Å². The minimum absolute atomic E-state index is 0.0788. The first-order valence-electron chi connectivity index (χ1n) is 7.69. The molecule has 8 heteroatoms. The molecule has 0 unspecified atom stereocenters. The molecule has 0 saturated carbocycles. The van der Waals surface area contributed by atoms with E-state index in [4.69, 9.17) is 0 Å². The number of carbonyl (C=O) groups is 1. The Morgan fingerprint density at radius 1 is 1.33 bits per heavy atom. The minimum atomic E-state index is -3.20. The molecular formula is C16H19N3O3S2. The maximum absolute atomic E-state index is 12.1. The van der Waals surface area contributed by atoms with Crippen molar-refractivity contribution in [3.05, 3.63) is 46.5 Å². The van der Waals surface area contributed by atoms with Crippen molar-refractivity contribution in [2.24, 2.45) is 0 Å². The zero-order valence-corrected chi connectivity index (χ0v) is 15.0. The zero-order valence-electron chi connectivity index (χ0n) is 13.4. The highest BCUT2D eigenvalue weighted by atomic mass is 32.2. The molecule has 6 nitrogen and oxygen atoms in total. The summed E-state index contributed by atoms with van der Waals surface area (Å²) in [5, 5.41) is 3.37. The standard InChI is InChI=1S/C16H19N3O3S2/c1-24(21,22)19-10-9-13-14(11-19)23-16(17-13)18-15(20)8-7-12-5-3-2-4-6-12/h2-6H,7-11H2,1H3,(H,17,18,20). The van der Waals surface area contributed by atoms with Gasteiger partial charge in [0.05, 0.1) is 11.9 Å². The Balaban J connectivity index is 1.59. The van der Waals surface area contributed by atoms with Crippen LogP contribution in [0.25, 0.3) is 0 Å². The normalized spacial score (nSPS) is 15.0. The fourth-order valence-electron chi connectivity index (χ4n) is 2.59. The summed E-state index contributed by atoms with van der Waals surface area (Å²) in [6.07, 6.45) is 2.87. The van der Waals surface area contributed by atoms with Gasteiger partial charge in [0.2, 0.25) is 15.9 Å². The highest BCUT2D eigenvalue weighted by Crippen LogP contribution is 2.29. The van der Waals surface area contributed by atoms with Crippen LogP contribution in [0.2, 0.25) is 0 Å². The summed E-state index contributed by atoms with van der Waals surface area (Å²) in [7, 11) is -3.20. The summed E-state index contributed by atoms with van der Waals surface area (Å²) in [5.41, 5.74) is 2.01. The number of benzene rings is 1. The highest BCUT2D eigenvalue weighted by Gasteiger charge is 2.26. The fourth-order valence-corrected chi connectivity index (χ4v) is 4.50. The first-order chi connectivity index (χ1) is 11.4. The molecule has 0 radical (unpaired) electrons. The van der Waals surface area contributed by atoms with Gasteiger partial charge in [-0.05, 0) is 12.0 Å². The zero-order chi connectivity index (χ0) is 17.2. The van der Waals surface area contributed by atoms with Gasteiger partial charge in [0, 0.05) is 30.8 Å². The van der Waals surface area contributed by atoms with E-state index in [1.807, 2.05) is 30.3 Å². The van der Waals surface area contributed by atoms with Gasteiger partial charge in [0.15, 0.2) is 5.13 Å². The van der Waals surface area contributed by atoms with Crippen molar-refractivity contribution in [2.75, 3.05) is 18.1 Å². The van der Waals surface area contributed by atoms with Crippen molar-refractivity contribution in [3.8, 4) is 0 Å². The van der Waals surface area contributed by atoms with Gasteiger partial charge in [-0.25, -0.2) is 13.4 Å². The van der Waals surface area contributed by atoms with Gasteiger partial charge in [-0.2, -0.15) is 4.31 Å². The number of sulfonamides is 1. The molecule has 1 aliphatic rings. The first-order valence-corrected chi connectivity index (χ1v) is 10.4. The van der Waals surface area contributed by atoms with Gasteiger partial charge >= 0.3 is 0 Å². The predicted molar refractivity (Wildman–Crippen MR) is 94.5 cm³/mol. The van der Waals surface area contributed by atoms with Crippen LogP contribution in [-0.2, 0) is 34.2 Å². The van der Waals surface area contributed by atoms with E-state index in [2.05, 4.69) is 10.3 Å². The number of aryl methyl sites for hydroxylation is 1. The average Bonchev–Trinajstić information content (AvgIpc) is 2.94. The van der Waals surface area contributed by atoms with Crippen LogP contribution in [0.1, 0.15) is 22.6 Å². The molecule has 2 aromatic rings. The lowest BCUT2D eigenvalue weighted by Crippen LogP contribution is -2.34. The van der Waals surface area contributed by atoms with Crippen LogP contribution in [0.15, 0.2) is 30.3 Å². The molecule has 3 rings (SSSR count). The summed E-state index contributed by atoms with van der Waals surface area (Å²) >= 11 is 1.36. The van der Waals surface area contributed by atoms with Gasteiger partial charge in [-0.15, -0.1) is 11.3 Å². The van der Waals surface area contributed by atoms with Crippen LogP contribution in [0.5, 0.6) is 0 Å². The number of fused-ring (bicyclic) bond motifs is 1. The quantitative estimate of drug-likeness (QED) is 0.879. The number of hydrogen-bond acceptors (Lipinski definition) is 5. The second kappa shape index (κ2) is 7.00. The van der Waals surface area contributed by atoms with Crippen LogP contribution >= 0.6 is 11.3 Å². The molecule has 0 saturated heterocycles. The monoisotopic (exact) mass is 365 g/mol. The highest BCUT2D eigenvalue weighted by molar-refractivity contribution is 7.88. The molecule has 1 N–H and O–H groups in total. The minimum Gasteiger partial charge on any atom is -0.302 e. The fraction of sp³-hybridized carbons (Fsp3) is 0.375. The van der Waals surface area contributed by atoms with Crippen LogP contribution < -0.4 is 5.32 Å². The third kappa shape index (κ3) is 4.19. The molecule has 0 spiro atoms. The molecule has 1 aromatic heterocycles. The molecule has 0 fully saturated rings. The lowest BCUT2D eigenvalue weighted by Gasteiger charge is -2.23. The third-order valence-corrected chi connectivity index (χ3v) is 6.14. The molecule has 24 heavy (non-hydrogen) atoms. The molecule has 1 aromatic carbocycles. The third-order valence-electron chi connectivity index (χ3n) is 3.90. The van der Waals surface area contributed by atoms with Crippen molar-refractivity contribution < 1.29 is 13.2 Å². The number of aromatic nitrogens is 1. The molecule has 0 bridgehead atoms. The van der Waals surface area contributed by atoms with Crippen LogP contribution in [0.4, 0.5) is 5.13 Å². The van der Waals surface area contributed by atoms with Crippen molar-refractivity contribution in [3.63, 3.8) is 0 Å². The van der Waals surface area contributed by atoms with Crippen LogP contribution in [-0.4, -0.2) is 36.4 Å². The number of hydrogen-bond donors (Lipinski definition) is 1. The predicted octanol–water partition coefficient (Wildman–Crippen LogP) is 2.03. The first kappa shape index (κ1) is 17.1. The van der Waals surface area contributed by atoms with Gasteiger partial charge in [0.1, 0.15) is 0 Å². The molecule has 1 amide bonds. The number of nitrogens with zero attached hydrogens (tertiary/aromatic N) is 2. The van der Waals surface area contributed by atoms with Crippen molar-refractivity contribution >= 4 is 32.4 Å². The Kier molecular flexibility index (Phi) is 4.98. The molecule has 0 atom stereocenters. The van der Waals surface area contributed by atoms with E-state index >= 15 is 0 Å². The number of amides is 1. The van der Waals surface area contributed by atoms with E-state index in [0.717, 1.165) is 16.1 Å². The van der Waals surface area contributed by atoms with Crippen molar-refractivity contribution in [1.82, 2.24) is 9.29 Å². The number of thiazole rings is 1. The second-order valence-corrected chi connectivity index (χ2v) is 8.84. The van der Waals surface area contributed by atoms with Crippen LogP contribution in [0, 0.1) is 0 Å². The van der Waals surface area contributed by atoms with E-state index in [1.165, 1.54) is 21.9 Å². The van der Waals surface area contributed by atoms with Gasteiger partial charge < -0.3 is 5.32 Å². The van der Waals surface area contributed by atoms with E-state index in [9.17, 15) is 13.2 Å². The number of rotatable bonds is 5. The smallest absolute Gasteiger partial charge is 0.226 e. The van der Waals surface area contributed by atoms with Crippen LogP contribution in [0.3, 0.4) is 0 Å². The summed E-state index contributed by atoms with van der Waals surface area (Å²) in [4.78, 5) is 17.4. The van der Waals surface area contributed by atoms with E-state index in [-0.39, 0.29) is 5.91 Å². The number of carbonyl (C=O) groups excluding carboxylic acids is 1. The van der Waals surface area contributed by atoms with E-state index < -0.39 is 10.0 Å². The Hall–Kier alpha value is -1.77. The van der Waals surface area contributed by atoms with E-state index in [0.29, 0.717) is 37.5 Å². The Labute approximate surface area is 145 Å². The largest absolute Gasteiger partial charge is 0.302 e. The summed E-state index contributed by atoms with van der Waals surface area (Å²) in [6, 6.07) is 9.85. The Morgan fingerprint density at radius 3 is 2.79 bits per heavy atom. The Morgan fingerprint density at radius 2 is 2.08 bits per heavy atom. The molecular weight excluding hydrogens is 346 g/mol. The van der Waals surface area contributed by atoms with Crippen molar-refractivity contribution in [1.29, 1.82) is 0 Å². The summed E-state index contributed by atoms with van der Waals surface area (Å²) < 4.78 is 24.7. The number of nitrogens with one attached hydrogen (secondary N) is 1. The van der Waals surface area contributed by atoms with Gasteiger partial charge in [-0.3, -0.25) is 4.79 Å². The summed E-state index contributed by atoms with van der Waals surface area (Å²) in [5.74, 6) is -0.0788.